The van der Waals surface area contributed by atoms with Crippen molar-refractivity contribution in [3.8, 4) is 11.8 Å². The Morgan fingerprint density at radius 1 is 1.18 bits per heavy atom. The molecule has 0 radical (unpaired) electrons. The van der Waals surface area contributed by atoms with Crippen molar-refractivity contribution >= 4 is 45.4 Å². The van der Waals surface area contributed by atoms with Crippen LogP contribution in [0.3, 0.4) is 0 Å². The Bertz CT molecular complexity index is 707. The van der Waals surface area contributed by atoms with Gasteiger partial charge in [-0.2, -0.15) is 4.98 Å². The molecule has 1 heterocycles. The number of methoxy groups -OCH3 is 1. The van der Waals surface area contributed by atoms with Gasteiger partial charge in [-0.1, -0.05) is 0 Å². The van der Waals surface area contributed by atoms with Crippen molar-refractivity contribution in [2.75, 3.05) is 18.4 Å². The molecule has 9 heteroatoms. The summed E-state index contributed by atoms with van der Waals surface area (Å²) in [4.78, 5) is 7.94. The SMILES string of the molecule is CCOc1nccc(NS(=O)(=O)c2ccc(OC)cc2)n1.[NaH]. The number of hydrogen-bond donors (Lipinski definition) is 1. The number of nitrogens with zero attached hydrogens (tertiary/aromatic N) is 2. The summed E-state index contributed by atoms with van der Waals surface area (Å²) in [6, 6.07) is 7.61. The summed E-state index contributed by atoms with van der Waals surface area (Å²) >= 11 is 0. The number of rotatable bonds is 6. The normalized spacial score (nSPS) is 10.5. The first kappa shape index (κ1) is 18.7. The summed E-state index contributed by atoms with van der Waals surface area (Å²) in [5.41, 5.74) is 0. The molecule has 0 bridgehead atoms. The van der Waals surface area contributed by atoms with Gasteiger partial charge in [0, 0.05) is 12.3 Å². The van der Waals surface area contributed by atoms with Crippen molar-refractivity contribution in [1.29, 1.82) is 0 Å². The van der Waals surface area contributed by atoms with Crippen LogP contribution in [0.1, 0.15) is 6.92 Å². The average molecular weight is 333 g/mol. The first-order valence-corrected chi connectivity index (χ1v) is 7.66. The molecule has 0 saturated heterocycles. The van der Waals surface area contributed by atoms with Gasteiger partial charge < -0.3 is 9.47 Å². The molecule has 0 aliphatic carbocycles. The minimum absolute atomic E-state index is 0. The number of ether oxygens (including phenoxy) is 2. The predicted molar refractivity (Wildman–Crippen MR) is 84.2 cm³/mol. The summed E-state index contributed by atoms with van der Waals surface area (Å²) in [6.07, 6.45) is 1.42. The number of benzene rings is 1. The first-order valence-electron chi connectivity index (χ1n) is 6.18. The minimum atomic E-state index is -3.72. The Labute approximate surface area is 151 Å². The molecule has 0 aliphatic rings. The van der Waals surface area contributed by atoms with Gasteiger partial charge in [-0.05, 0) is 31.2 Å². The van der Waals surface area contributed by atoms with Crippen LogP contribution in [-0.2, 0) is 10.0 Å². The Hall–Kier alpha value is -1.35. The second kappa shape index (κ2) is 8.33. The molecule has 114 valence electrons. The summed E-state index contributed by atoms with van der Waals surface area (Å²) in [7, 11) is -2.21. The molecule has 1 aromatic carbocycles. The van der Waals surface area contributed by atoms with Gasteiger partial charge in [-0.25, -0.2) is 13.4 Å². The van der Waals surface area contributed by atoms with Crippen LogP contribution in [0.25, 0.3) is 0 Å². The molecular formula is C13H16N3NaO4S. The zero-order valence-electron chi connectivity index (χ0n) is 11.6. The second-order valence-electron chi connectivity index (χ2n) is 3.94. The maximum absolute atomic E-state index is 12.2. The van der Waals surface area contributed by atoms with Gasteiger partial charge in [-0.15, -0.1) is 0 Å². The summed E-state index contributed by atoms with van der Waals surface area (Å²) < 4.78 is 36.9. The molecule has 0 amide bonds. The van der Waals surface area contributed by atoms with Crippen LogP contribution in [-0.4, -0.2) is 61.7 Å². The van der Waals surface area contributed by atoms with Gasteiger partial charge in [0.2, 0.25) is 0 Å². The molecule has 2 rings (SSSR count). The van der Waals surface area contributed by atoms with E-state index in [0.29, 0.717) is 12.4 Å². The molecule has 0 spiro atoms. The quantitative estimate of drug-likeness (QED) is 0.794. The number of hydrogen-bond acceptors (Lipinski definition) is 6. The van der Waals surface area contributed by atoms with E-state index < -0.39 is 10.0 Å². The van der Waals surface area contributed by atoms with Gasteiger partial charge >= 0.3 is 35.6 Å². The van der Waals surface area contributed by atoms with Crippen LogP contribution in [0.2, 0.25) is 0 Å². The zero-order chi connectivity index (χ0) is 15.3. The Morgan fingerprint density at radius 3 is 2.45 bits per heavy atom. The van der Waals surface area contributed by atoms with Gasteiger partial charge in [0.05, 0.1) is 18.6 Å². The van der Waals surface area contributed by atoms with Crippen molar-refractivity contribution < 1.29 is 17.9 Å². The molecule has 7 nitrogen and oxygen atoms in total. The standard InChI is InChI=1S/C13H15N3O4S.Na.H/c1-3-20-13-14-9-8-12(15-13)16-21(17,18)11-6-4-10(19-2)5-7-11;;/h4-9H,3H2,1-2H3,(H,14,15,16);;. The van der Waals surface area contributed by atoms with E-state index in [-0.39, 0.29) is 46.3 Å². The maximum atomic E-state index is 12.2. The number of aromatic nitrogens is 2. The van der Waals surface area contributed by atoms with Crippen LogP contribution in [0, 0.1) is 0 Å². The van der Waals surface area contributed by atoms with Gasteiger partial charge in [-0.3, -0.25) is 4.72 Å². The fourth-order valence-electron chi connectivity index (χ4n) is 1.55. The van der Waals surface area contributed by atoms with Crippen molar-refractivity contribution in [3.05, 3.63) is 36.5 Å². The third-order valence-electron chi connectivity index (χ3n) is 2.52. The Kier molecular flexibility index (Phi) is 7.08. The van der Waals surface area contributed by atoms with Gasteiger partial charge in [0.1, 0.15) is 11.6 Å². The summed E-state index contributed by atoms with van der Waals surface area (Å²) in [5.74, 6) is 0.721. The summed E-state index contributed by atoms with van der Waals surface area (Å²) in [6.45, 7) is 2.19. The van der Waals surface area contributed by atoms with E-state index in [0.717, 1.165) is 0 Å². The molecule has 0 atom stereocenters. The van der Waals surface area contributed by atoms with E-state index in [2.05, 4.69) is 14.7 Å². The monoisotopic (exact) mass is 333 g/mol. The number of sulfonamides is 1. The van der Waals surface area contributed by atoms with Crippen LogP contribution >= 0.6 is 0 Å². The van der Waals surface area contributed by atoms with Crippen molar-refractivity contribution in [1.82, 2.24) is 9.97 Å². The fraction of sp³-hybridized carbons (Fsp3) is 0.231. The van der Waals surface area contributed by atoms with Crippen LogP contribution in [0.15, 0.2) is 41.4 Å². The number of nitrogens with one attached hydrogen (secondary N) is 1. The van der Waals surface area contributed by atoms with E-state index in [1.807, 2.05) is 0 Å². The molecule has 22 heavy (non-hydrogen) atoms. The topological polar surface area (TPSA) is 90.4 Å². The van der Waals surface area contributed by atoms with Crippen molar-refractivity contribution in [2.45, 2.75) is 11.8 Å². The molecule has 0 unspecified atom stereocenters. The van der Waals surface area contributed by atoms with E-state index in [9.17, 15) is 8.42 Å². The van der Waals surface area contributed by atoms with Crippen LogP contribution < -0.4 is 14.2 Å². The molecular weight excluding hydrogens is 317 g/mol. The predicted octanol–water partition coefficient (Wildman–Crippen LogP) is 1.04. The van der Waals surface area contributed by atoms with E-state index >= 15 is 0 Å². The molecule has 0 fully saturated rings. The molecule has 1 N–H and O–H groups in total. The van der Waals surface area contributed by atoms with E-state index in [1.165, 1.54) is 31.5 Å². The molecule has 1 aromatic heterocycles. The summed E-state index contributed by atoms with van der Waals surface area (Å²) in [5, 5.41) is 0. The number of anilines is 1. The van der Waals surface area contributed by atoms with Gasteiger partial charge in [0.25, 0.3) is 10.0 Å². The third kappa shape index (κ3) is 4.84. The van der Waals surface area contributed by atoms with E-state index in [4.69, 9.17) is 9.47 Å². The molecule has 0 aliphatic heterocycles. The first-order chi connectivity index (χ1) is 10.0. The van der Waals surface area contributed by atoms with Crippen molar-refractivity contribution in [3.63, 3.8) is 0 Å². The van der Waals surface area contributed by atoms with Crippen molar-refractivity contribution in [2.24, 2.45) is 0 Å². The fourth-order valence-corrected chi connectivity index (χ4v) is 2.55. The Morgan fingerprint density at radius 2 is 1.86 bits per heavy atom. The third-order valence-corrected chi connectivity index (χ3v) is 3.89. The van der Waals surface area contributed by atoms with Crippen LogP contribution in [0.4, 0.5) is 5.82 Å². The Balaban J connectivity index is 0.00000242. The van der Waals surface area contributed by atoms with Crippen LogP contribution in [0.5, 0.6) is 11.8 Å². The molecule has 2 aromatic rings. The van der Waals surface area contributed by atoms with E-state index in [1.54, 1.807) is 19.1 Å². The second-order valence-corrected chi connectivity index (χ2v) is 5.62. The molecule has 0 saturated carbocycles. The average Bonchev–Trinajstić information content (AvgIpc) is 2.47. The zero-order valence-corrected chi connectivity index (χ0v) is 12.4. The van der Waals surface area contributed by atoms with Gasteiger partial charge in [0.15, 0.2) is 0 Å².